The first-order valence-corrected chi connectivity index (χ1v) is 9.64. The summed E-state index contributed by atoms with van der Waals surface area (Å²) in [5.41, 5.74) is 1.32. The van der Waals surface area contributed by atoms with E-state index in [0.29, 0.717) is 17.9 Å². The Hall–Kier alpha value is -3.25. The van der Waals surface area contributed by atoms with Crippen LogP contribution < -0.4 is 19.7 Å². The van der Waals surface area contributed by atoms with E-state index in [1.165, 1.54) is 25.3 Å². The summed E-state index contributed by atoms with van der Waals surface area (Å²) in [6, 6.07) is 6.19. The number of halogens is 1. The van der Waals surface area contributed by atoms with Gasteiger partial charge < -0.3 is 9.47 Å². The molecule has 12 heteroatoms. The zero-order chi connectivity index (χ0) is 21.8. The summed E-state index contributed by atoms with van der Waals surface area (Å²) in [4.78, 5) is 22.9. The standard InChI is InChI=1S/C17H18FN3O7S/c1-10(2)28-14-7-4-11(8-15(14)27-3)17(22)19-20-29(25,26)16-9-12(21(23)24)5-6-13(16)18/h4-10,20H,1-3H3,(H,19,22). The highest BCUT2D eigenvalue weighted by molar-refractivity contribution is 7.89. The Balaban J connectivity index is 2.20. The van der Waals surface area contributed by atoms with Crippen LogP contribution in [0, 0.1) is 15.9 Å². The van der Waals surface area contributed by atoms with Gasteiger partial charge in [0.2, 0.25) is 0 Å². The van der Waals surface area contributed by atoms with E-state index in [-0.39, 0.29) is 17.4 Å². The second kappa shape index (κ2) is 8.84. The van der Waals surface area contributed by atoms with Gasteiger partial charge in [-0.25, -0.2) is 12.8 Å². The lowest BCUT2D eigenvalue weighted by Crippen LogP contribution is -2.41. The number of rotatable bonds is 8. The van der Waals surface area contributed by atoms with Crippen LogP contribution in [0.4, 0.5) is 10.1 Å². The largest absolute Gasteiger partial charge is 0.493 e. The molecule has 0 bridgehead atoms. The van der Waals surface area contributed by atoms with E-state index in [0.717, 1.165) is 6.07 Å². The number of methoxy groups -OCH3 is 1. The number of nitrogens with zero attached hydrogens (tertiary/aromatic N) is 1. The fourth-order valence-electron chi connectivity index (χ4n) is 2.21. The molecule has 0 unspecified atom stereocenters. The van der Waals surface area contributed by atoms with Crippen LogP contribution in [-0.4, -0.2) is 32.5 Å². The Labute approximate surface area is 165 Å². The fourth-order valence-corrected chi connectivity index (χ4v) is 3.15. The molecule has 0 saturated heterocycles. The van der Waals surface area contributed by atoms with Crippen molar-refractivity contribution in [1.82, 2.24) is 10.3 Å². The van der Waals surface area contributed by atoms with Gasteiger partial charge in [0, 0.05) is 17.7 Å². The molecule has 0 aliphatic carbocycles. The Kier molecular flexibility index (Phi) is 6.72. The molecule has 0 aromatic heterocycles. The van der Waals surface area contributed by atoms with Crippen molar-refractivity contribution in [3.8, 4) is 11.5 Å². The van der Waals surface area contributed by atoms with E-state index in [4.69, 9.17) is 9.47 Å². The molecule has 1 amide bonds. The average Bonchev–Trinajstić information content (AvgIpc) is 2.66. The number of nitrogens with one attached hydrogen (secondary N) is 2. The van der Waals surface area contributed by atoms with Crippen molar-refractivity contribution in [2.24, 2.45) is 0 Å². The van der Waals surface area contributed by atoms with Gasteiger partial charge in [-0.15, -0.1) is 4.83 Å². The van der Waals surface area contributed by atoms with Crippen LogP contribution in [0.25, 0.3) is 0 Å². The molecule has 156 valence electrons. The highest BCUT2D eigenvalue weighted by atomic mass is 32.2. The van der Waals surface area contributed by atoms with Crippen LogP contribution in [0.2, 0.25) is 0 Å². The summed E-state index contributed by atoms with van der Waals surface area (Å²) in [5, 5.41) is 10.8. The lowest BCUT2D eigenvalue weighted by atomic mass is 10.2. The van der Waals surface area contributed by atoms with E-state index >= 15 is 0 Å². The molecule has 2 rings (SSSR count). The minimum Gasteiger partial charge on any atom is -0.493 e. The maximum Gasteiger partial charge on any atom is 0.270 e. The second-order valence-corrected chi connectivity index (χ2v) is 7.61. The molecular formula is C17H18FN3O7S. The van der Waals surface area contributed by atoms with Gasteiger partial charge in [-0.1, -0.05) is 0 Å². The van der Waals surface area contributed by atoms with Crippen LogP contribution in [0.1, 0.15) is 24.2 Å². The molecule has 0 heterocycles. The predicted molar refractivity (Wildman–Crippen MR) is 99.6 cm³/mol. The maximum absolute atomic E-state index is 13.8. The molecule has 0 spiro atoms. The molecule has 2 aromatic rings. The van der Waals surface area contributed by atoms with Crippen molar-refractivity contribution in [3.05, 3.63) is 57.9 Å². The number of nitro groups is 1. The second-order valence-electron chi connectivity index (χ2n) is 5.96. The smallest absolute Gasteiger partial charge is 0.270 e. The summed E-state index contributed by atoms with van der Waals surface area (Å²) in [6.45, 7) is 3.61. The van der Waals surface area contributed by atoms with Crippen molar-refractivity contribution in [3.63, 3.8) is 0 Å². The van der Waals surface area contributed by atoms with Crippen LogP contribution in [0.5, 0.6) is 11.5 Å². The molecule has 10 nitrogen and oxygen atoms in total. The summed E-state index contributed by atoms with van der Waals surface area (Å²) in [5.74, 6) is -1.44. The van der Waals surface area contributed by atoms with E-state index in [9.17, 15) is 27.7 Å². The number of sulfonamides is 1. The van der Waals surface area contributed by atoms with Crippen LogP contribution in [-0.2, 0) is 10.0 Å². The lowest BCUT2D eigenvalue weighted by molar-refractivity contribution is -0.385. The number of carbonyl (C=O) groups is 1. The van der Waals surface area contributed by atoms with Crippen molar-refractivity contribution in [1.29, 1.82) is 0 Å². The Morgan fingerprint density at radius 2 is 1.86 bits per heavy atom. The number of benzene rings is 2. The van der Waals surface area contributed by atoms with Crippen molar-refractivity contribution in [2.75, 3.05) is 7.11 Å². The first-order chi connectivity index (χ1) is 13.5. The highest BCUT2D eigenvalue weighted by Gasteiger charge is 2.23. The molecule has 2 N–H and O–H groups in total. The van der Waals surface area contributed by atoms with Gasteiger partial charge in [0.15, 0.2) is 11.5 Å². The SMILES string of the molecule is COc1cc(C(=O)NNS(=O)(=O)c2cc([N+](=O)[O-])ccc2F)ccc1OC(C)C. The number of hydrazine groups is 1. The molecule has 0 radical (unpaired) electrons. The minimum absolute atomic E-state index is 0.0279. The number of hydrogen-bond donors (Lipinski definition) is 2. The monoisotopic (exact) mass is 427 g/mol. The van der Waals surface area contributed by atoms with Gasteiger partial charge in [0.25, 0.3) is 21.6 Å². The Morgan fingerprint density at radius 3 is 2.45 bits per heavy atom. The van der Waals surface area contributed by atoms with Gasteiger partial charge in [-0.05, 0) is 38.1 Å². The van der Waals surface area contributed by atoms with Gasteiger partial charge in [-0.2, -0.15) is 0 Å². The average molecular weight is 427 g/mol. The van der Waals surface area contributed by atoms with E-state index in [1.54, 1.807) is 4.83 Å². The first-order valence-electron chi connectivity index (χ1n) is 8.16. The fraction of sp³-hybridized carbons (Fsp3) is 0.235. The van der Waals surface area contributed by atoms with E-state index in [1.807, 2.05) is 19.3 Å². The third kappa shape index (κ3) is 5.39. The van der Waals surface area contributed by atoms with Crippen molar-refractivity contribution < 1.29 is 32.0 Å². The van der Waals surface area contributed by atoms with Crippen molar-refractivity contribution >= 4 is 21.6 Å². The molecule has 29 heavy (non-hydrogen) atoms. The van der Waals surface area contributed by atoms with Crippen LogP contribution in [0.15, 0.2) is 41.3 Å². The number of amides is 1. The van der Waals surface area contributed by atoms with Gasteiger partial charge in [0.1, 0.15) is 10.7 Å². The van der Waals surface area contributed by atoms with E-state index in [2.05, 4.69) is 0 Å². The molecule has 2 aromatic carbocycles. The summed E-state index contributed by atoms with van der Waals surface area (Å²) in [7, 11) is -3.23. The zero-order valence-electron chi connectivity index (χ0n) is 15.6. The molecule has 0 saturated carbocycles. The molecule has 0 aliphatic heterocycles. The highest BCUT2D eigenvalue weighted by Crippen LogP contribution is 2.29. The number of nitro benzene ring substituents is 1. The molecule has 0 aliphatic rings. The predicted octanol–water partition coefficient (Wildman–Crippen LogP) is 2.15. The molecule has 0 atom stereocenters. The quantitative estimate of drug-likeness (QED) is 0.486. The number of carbonyl (C=O) groups excluding carboxylic acids is 1. The molecular weight excluding hydrogens is 409 g/mol. The van der Waals surface area contributed by atoms with Crippen LogP contribution >= 0.6 is 0 Å². The Morgan fingerprint density at radius 1 is 1.17 bits per heavy atom. The van der Waals surface area contributed by atoms with Gasteiger partial charge >= 0.3 is 0 Å². The van der Waals surface area contributed by atoms with Gasteiger partial charge in [-0.3, -0.25) is 20.3 Å². The zero-order valence-corrected chi connectivity index (χ0v) is 16.4. The summed E-state index contributed by atoms with van der Waals surface area (Å²) < 4.78 is 49.0. The number of hydrogen-bond acceptors (Lipinski definition) is 7. The maximum atomic E-state index is 13.8. The summed E-state index contributed by atoms with van der Waals surface area (Å²) in [6.07, 6.45) is -0.139. The van der Waals surface area contributed by atoms with E-state index < -0.39 is 37.3 Å². The normalized spacial score (nSPS) is 11.2. The van der Waals surface area contributed by atoms with Crippen molar-refractivity contribution in [2.45, 2.75) is 24.8 Å². The Bertz CT molecular complexity index is 1040. The first kappa shape index (κ1) is 22.0. The number of non-ortho nitro benzene ring substituents is 1. The topological polar surface area (TPSA) is 137 Å². The summed E-state index contributed by atoms with van der Waals surface area (Å²) >= 11 is 0. The lowest BCUT2D eigenvalue weighted by Gasteiger charge is -2.14. The van der Waals surface area contributed by atoms with Crippen LogP contribution in [0.3, 0.4) is 0 Å². The third-order valence-corrected chi connectivity index (χ3v) is 4.77. The molecule has 0 fully saturated rings. The third-order valence-electron chi connectivity index (χ3n) is 3.50. The van der Waals surface area contributed by atoms with Gasteiger partial charge in [0.05, 0.1) is 18.1 Å². The minimum atomic E-state index is -4.61. The number of ether oxygens (including phenoxy) is 2.